The molecule has 19 heavy (non-hydrogen) atoms. The summed E-state index contributed by atoms with van der Waals surface area (Å²) >= 11 is 0. The molecule has 4 nitrogen and oxygen atoms in total. The molecule has 0 spiro atoms. The van der Waals surface area contributed by atoms with Crippen molar-refractivity contribution in [3.05, 3.63) is 48.5 Å². The molecule has 0 aliphatic rings. The molecular weight excluding hydrogens is 238 g/mol. The van der Waals surface area contributed by atoms with Gasteiger partial charge < -0.3 is 15.4 Å². The van der Waals surface area contributed by atoms with E-state index < -0.39 is 0 Å². The second-order valence-corrected chi connectivity index (χ2v) is 4.39. The van der Waals surface area contributed by atoms with E-state index in [1.165, 1.54) is 0 Å². The number of rotatable bonds is 3. The molecule has 0 saturated heterocycles. The van der Waals surface area contributed by atoms with Crippen molar-refractivity contribution in [3.63, 3.8) is 0 Å². The molecule has 0 bridgehead atoms. The fraction of sp³-hybridized carbons (Fsp3) is 0.133. The lowest BCUT2D eigenvalue weighted by Crippen LogP contribution is -2.05. The molecule has 1 aromatic heterocycles. The number of hydrogen-bond donors (Lipinski definition) is 2. The van der Waals surface area contributed by atoms with Gasteiger partial charge in [0.2, 0.25) is 0 Å². The molecule has 0 amide bonds. The van der Waals surface area contributed by atoms with E-state index in [2.05, 4.69) is 4.98 Å². The molecule has 4 heteroatoms. The van der Waals surface area contributed by atoms with E-state index in [-0.39, 0.29) is 6.61 Å². The highest BCUT2D eigenvalue weighted by molar-refractivity contribution is 5.83. The maximum absolute atomic E-state index is 9.26. The number of nitrogen functional groups attached to an aromatic ring is 1. The summed E-state index contributed by atoms with van der Waals surface area (Å²) in [7, 11) is 0. The molecule has 0 fully saturated rings. The predicted molar refractivity (Wildman–Crippen MR) is 76.7 cm³/mol. The molecule has 96 valence electrons. The zero-order valence-corrected chi connectivity index (χ0v) is 10.5. The molecule has 0 radical (unpaired) electrons. The number of aliphatic hydroxyl groups excluding tert-OH is 1. The van der Waals surface area contributed by atoms with E-state index in [4.69, 9.17) is 5.73 Å². The van der Waals surface area contributed by atoms with Gasteiger partial charge in [-0.05, 0) is 24.3 Å². The molecule has 3 aromatic rings. The van der Waals surface area contributed by atoms with Gasteiger partial charge in [0.15, 0.2) is 0 Å². The van der Waals surface area contributed by atoms with Gasteiger partial charge in [0.25, 0.3) is 0 Å². The third-order valence-electron chi connectivity index (χ3n) is 3.18. The van der Waals surface area contributed by atoms with E-state index in [0.29, 0.717) is 12.2 Å². The first-order chi connectivity index (χ1) is 9.31. The maximum atomic E-state index is 9.26. The minimum absolute atomic E-state index is 0.0695. The third kappa shape index (κ3) is 1.96. The number of aromatic nitrogens is 2. The first kappa shape index (κ1) is 11.7. The highest BCUT2D eigenvalue weighted by atomic mass is 16.3. The lowest BCUT2D eigenvalue weighted by molar-refractivity contribution is 0.278. The van der Waals surface area contributed by atoms with Crippen molar-refractivity contribution in [3.8, 4) is 11.4 Å². The molecule has 0 atom stereocenters. The van der Waals surface area contributed by atoms with Crippen molar-refractivity contribution in [1.29, 1.82) is 0 Å². The SMILES string of the molecule is Nc1ccccc1-c1nc2ccccc2n1CCO. The average molecular weight is 253 g/mol. The van der Waals surface area contributed by atoms with Gasteiger partial charge >= 0.3 is 0 Å². The van der Waals surface area contributed by atoms with Crippen LogP contribution in [-0.4, -0.2) is 21.3 Å². The molecule has 0 aliphatic carbocycles. The normalized spacial score (nSPS) is 11.0. The summed E-state index contributed by atoms with van der Waals surface area (Å²) in [6.07, 6.45) is 0. The van der Waals surface area contributed by atoms with Crippen molar-refractivity contribution in [2.75, 3.05) is 12.3 Å². The van der Waals surface area contributed by atoms with Crippen LogP contribution in [0.4, 0.5) is 5.69 Å². The fourth-order valence-corrected chi connectivity index (χ4v) is 2.31. The molecule has 0 saturated carbocycles. The van der Waals surface area contributed by atoms with Crippen LogP contribution in [0.1, 0.15) is 0 Å². The molecule has 1 heterocycles. The van der Waals surface area contributed by atoms with Gasteiger partial charge in [0, 0.05) is 17.8 Å². The number of nitrogens with zero attached hydrogens (tertiary/aromatic N) is 2. The zero-order chi connectivity index (χ0) is 13.2. The number of benzene rings is 2. The minimum atomic E-state index is 0.0695. The molecule has 3 N–H and O–H groups in total. The van der Waals surface area contributed by atoms with E-state index >= 15 is 0 Å². The van der Waals surface area contributed by atoms with Crippen LogP contribution in [-0.2, 0) is 6.54 Å². The number of fused-ring (bicyclic) bond motifs is 1. The van der Waals surface area contributed by atoms with Gasteiger partial charge in [-0.25, -0.2) is 4.98 Å². The summed E-state index contributed by atoms with van der Waals surface area (Å²) < 4.78 is 2.00. The van der Waals surface area contributed by atoms with E-state index in [1.54, 1.807) is 0 Å². The van der Waals surface area contributed by atoms with Crippen molar-refractivity contribution < 1.29 is 5.11 Å². The van der Waals surface area contributed by atoms with Crippen molar-refractivity contribution in [1.82, 2.24) is 9.55 Å². The second-order valence-electron chi connectivity index (χ2n) is 4.39. The first-order valence-corrected chi connectivity index (χ1v) is 6.22. The smallest absolute Gasteiger partial charge is 0.143 e. The van der Waals surface area contributed by atoms with Crippen molar-refractivity contribution in [2.24, 2.45) is 0 Å². The number of anilines is 1. The Balaban J connectivity index is 2.28. The quantitative estimate of drug-likeness (QED) is 0.704. The lowest BCUT2D eigenvalue weighted by Gasteiger charge is -2.09. The summed E-state index contributed by atoms with van der Waals surface area (Å²) in [6, 6.07) is 15.5. The third-order valence-corrected chi connectivity index (χ3v) is 3.18. The van der Waals surface area contributed by atoms with Gasteiger partial charge in [-0.2, -0.15) is 0 Å². The standard InChI is InChI=1S/C15H15N3O/c16-12-6-2-1-5-11(12)15-17-13-7-3-4-8-14(13)18(15)9-10-19/h1-8,19H,9-10,16H2. The molecule has 0 unspecified atom stereocenters. The Labute approximate surface area is 111 Å². The van der Waals surface area contributed by atoms with Gasteiger partial charge in [-0.1, -0.05) is 24.3 Å². The van der Waals surface area contributed by atoms with Crippen LogP contribution < -0.4 is 5.73 Å². The summed E-state index contributed by atoms with van der Waals surface area (Å²) in [5.74, 6) is 0.799. The number of para-hydroxylation sites is 3. The molecule has 3 rings (SSSR count). The van der Waals surface area contributed by atoms with E-state index in [1.807, 2.05) is 53.1 Å². The number of hydrogen-bond acceptors (Lipinski definition) is 3. The Morgan fingerprint density at radius 1 is 1.05 bits per heavy atom. The Morgan fingerprint density at radius 3 is 2.58 bits per heavy atom. The van der Waals surface area contributed by atoms with Gasteiger partial charge in [-0.15, -0.1) is 0 Å². The summed E-state index contributed by atoms with van der Waals surface area (Å²) in [4.78, 5) is 4.63. The second kappa shape index (κ2) is 4.74. The number of nitrogens with two attached hydrogens (primary N) is 1. The Morgan fingerprint density at radius 2 is 1.79 bits per heavy atom. The maximum Gasteiger partial charge on any atom is 0.143 e. The Kier molecular flexibility index (Phi) is 2.93. The minimum Gasteiger partial charge on any atom is -0.398 e. The number of imidazole rings is 1. The van der Waals surface area contributed by atoms with Crippen LogP contribution in [0.2, 0.25) is 0 Å². The summed E-state index contributed by atoms with van der Waals surface area (Å²) in [5, 5.41) is 9.26. The Bertz CT molecular complexity index is 718. The van der Waals surface area contributed by atoms with Crippen molar-refractivity contribution in [2.45, 2.75) is 6.54 Å². The largest absolute Gasteiger partial charge is 0.398 e. The summed E-state index contributed by atoms with van der Waals surface area (Å²) in [6.45, 7) is 0.574. The van der Waals surface area contributed by atoms with Crippen LogP contribution >= 0.6 is 0 Å². The highest BCUT2D eigenvalue weighted by Gasteiger charge is 2.13. The fourth-order valence-electron chi connectivity index (χ4n) is 2.31. The predicted octanol–water partition coefficient (Wildman–Crippen LogP) is 2.28. The highest BCUT2D eigenvalue weighted by Crippen LogP contribution is 2.28. The first-order valence-electron chi connectivity index (χ1n) is 6.22. The lowest BCUT2D eigenvalue weighted by atomic mass is 10.1. The molecule has 0 aliphatic heterocycles. The van der Waals surface area contributed by atoms with Gasteiger partial charge in [0.05, 0.1) is 17.6 Å². The van der Waals surface area contributed by atoms with Crippen LogP contribution in [0.15, 0.2) is 48.5 Å². The van der Waals surface area contributed by atoms with Gasteiger partial charge in [-0.3, -0.25) is 0 Å². The van der Waals surface area contributed by atoms with E-state index in [0.717, 1.165) is 22.4 Å². The average Bonchev–Trinajstić information content (AvgIpc) is 2.79. The van der Waals surface area contributed by atoms with Crippen LogP contribution in [0, 0.1) is 0 Å². The number of aliphatic hydroxyl groups is 1. The summed E-state index contributed by atoms with van der Waals surface area (Å²) in [5.41, 5.74) is 9.53. The molecular formula is C15H15N3O. The van der Waals surface area contributed by atoms with Crippen LogP contribution in [0.25, 0.3) is 22.4 Å². The van der Waals surface area contributed by atoms with Crippen LogP contribution in [0.3, 0.4) is 0 Å². The molecule has 2 aromatic carbocycles. The monoisotopic (exact) mass is 253 g/mol. The van der Waals surface area contributed by atoms with E-state index in [9.17, 15) is 5.11 Å². The van der Waals surface area contributed by atoms with Gasteiger partial charge in [0.1, 0.15) is 5.82 Å². The van der Waals surface area contributed by atoms with Crippen LogP contribution in [0.5, 0.6) is 0 Å². The topological polar surface area (TPSA) is 64.1 Å². The van der Waals surface area contributed by atoms with Crippen molar-refractivity contribution >= 4 is 16.7 Å². The zero-order valence-electron chi connectivity index (χ0n) is 10.5. The Hall–Kier alpha value is -2.33.